The predicted octanol–water partition coefficient (Wildman–Crippen LogP) is 3.59. The number of carbonyl (C=O) groups excluding carboxylic acids is 2. The van der Waals surface area contributed by atoms with E-state index in [-0.39, 0.29) is 23.2 Å². The van der Waals surface area contributed by atoms with Crippen LogP contribution in [0.5, 0.6) is 11.5 Å². The molecule has 27 heavy (non-hydrogen) atoms. The van der Waals surface area contributed by atoms with Crippen molar-refractivity contribution in [2.24, 2.45) is 5.92 Å². The Kier molecular flexibility index (Phi) is 7.83. The third-order valence-electron chi connectivity index (χ3n) is 4.45. The molecule has 1 aromatic carbocycles. The number of nitrogens with zero attached hydrogens (tertiary/aromatic N) is 1. The van der Waals surface area contributed by atoms with Gasteiger partial charge in [-0.3, -0.25) is 4.79 Å². The van der Waals surface area contributed by atoms with Crippen LogP contribution in [0.3, 0.4) is 0 Å². The summed E-state index contributed by atoms with van der Waals surface area (Å²) in [5, 5.41) is -0.0848. The summed E-state index contributed by atoms with van der Waals surface area (Å²) < 4.78 is 16.0. The topological polar surface area (TPSA) is 65.1 Å². The summed E-state index contributed by atoms with van der Waals surface area (Å²) in [6, 6.07) is 4.48. The Bertz CT molecular complexity index is 642. The third kappa shape index (κ3) is 5.09. The summed E-state index contributed by atoms with van der Waals surface area (Å²) in [5.74, 6) is 1.27. The molecule has 1 fully saturated rings. The molecular weight excluding hydrogens is 366 g/mol. The minimum Gasteiger partial charge on any atom is -0.497 e. The van der Waals surface area contributed by atoms with Gasteiger partial charge in [-0.25, -0.2) is 4.79 Å². The zero-order chi connectivity index (χ0) is 20.0. The molecule has 2 atom stereocenters. The van der Waals surface area contributed by atoms with Crippen LogP contribution in [0.1, 0.15) is 44.0 Å². The lowest BCUT2D eigenvalue weighted by Gasteiger charge is -2.30. The second-order valence-electron chi connectivity index (χ2n) is 6.82. The first kappa shape index (κ1) is 21.4. The molecule has 1 saturated heterocycles. The summed E-state index contributed by atoms with van der Waals surface area (Å²) in [5.41, 5.74) is 0.436. The van der Waals surface area contributed by atoms with Crippen molar-refractivity contribution in [1.29, 1.82) is 0 Å². The van der Waals surface area contributed by atoms with Gasteiger partial charge < -0.3 is 19.1 Å². The van der Waals surface area contributed by atoms with E-state index in [2.05, 4.69) is 13.8 Å². The molecule has 0 N–H and O–H groups in total. The number of esters is 1. The Hall–Kier alpha value is -1.89. The van der Waals surface area contributed by atoms with Crippen LogP contribution in [0.25, 0.3) is 0 Å². The molecule has 1 amide bonds. The molecule has 1 aromatic rings. The van der Waals surface area contributed by atoms with Crippen molar-refractivity contribution >= 4 is 23.6 Å². The molecule has 1 aliphatic heterocycles. The van der Waals surface area contributed by atoms with Gasteiger partial charge in [0.1, 0.15) is 17.5 Å². The SMILES string of the molecule is CCCCOC(=O)C1CSC(C(C)C)N1C(=O)c1cc(OC)cc(OC)c1. The average molecular weight is 396 g/mol. The standard InChI is InChI=1S/C20H29NO5S/c1-6-7-8-26-20(23)17-12-27-19(13(2)3)21(17)18(22)14-9-15(24-4)11-16(10-14)25-5/h9-11,13,17,19H,6-8,12H2,1-5H3. The Morgan fingerprint density at radius 2 is 1.81 bits per heavy atom. The Morgan fingerprint density at radius 1 is 1.19 bits per heavy atom. The van der Waals surface area contributed by atoms with Crippen LogP contribution in [0.2, 0.25) is 0 Å². The molecule has 2 rings (SSSR count). The van der Waals surface area contributed by atoms with E-state index in [0.29, 0.717) is 29.4 Å². The number of unbranched alkanes of at least 4 members (excludes halogenated alkanes) is 1. The fourth-order valence-electron chi connectivity index (χ4n) is 2.97. The van der Waals surface area contributed by atoms with Gasteiger partial charge >= 0.3 is 5.97 Å². The van der Waals surface area contributed by atoms with Crippen LogP contribution in [0.15, 0.2) is 18.2 Å². The molecular formula is C20H29NO5S. The maximum Gasteiger partial charge on any atom is 0.329 e. The molecule has 150 valence electrons. The molecule has 0 radical (unpaired) electrons. The minimum absolute atomic E-state index is 0.0848. The summed E-state index contributed by atoms with van der Waals surface area (Å²) in [7, 11) is 3.08. The Balaban J connectivity index is 2.31. The lowest BCUT2D eigenvalue weighted by atomic mass is 10.1. The highest BCUT2D eigenvalue weighted by molar-refractivity contribution is 8.00. The van der Waals surface area contributed by atoms with E-state index in [4.69, 9.17) is 14.2 Å². The highest BCUT2D eigenvalue weighted by atomic mass is 32.2. The zero-order valence-corrected chi connectivity index (χ0v) is 17.5. The summed E-state index contributed by atoms with van der Waals surface area (Å²) in [4.78, 5) is 27.6. The highest BCUT2D eigenvalue weighted by Gasteiger charge is 2.44. The molecule has 1 heterocycles. The normalized spacial score (nSPS) is 19.3. The van der Waals surface area contributed by atoms with Crippen molar-refractivity contribution in [3.63, 3.8) is 0 Å². The van der Waals surface area contributed by atoms with Crippen LogP contribution >= 0.6 is 11.8 Å². The number of hydrogen-bond acceptors (Lipinski definition) is 6. The number of ether oxygens (including phenoxy) is 3. The first-order chi connectivity index (χ1) is 12.9. The molecule has 0 saturated carbocycles. The number of hydrogen-bond donors (Lipinski definition) is 0. The van der Waals surface area contributed by atoms with Gasteiger partial charge in [-0.15, -0.1) is 11.8 Å². The van der Waals surface area contributed by atoms with E-state index in [1.54, 1.807) is 49.1 Å². The lowest BCUT2D eigenvalue weighted by molar-refractivity contribution is -0.148. The first-order valence-electron chi connectivity index (χ1n) is 9.26. The first-order valence-corrected chi connectivity index (χ1v) is 10.3. The fourth-order valence-corrected chi connectivity index (χ4v) is 4.44. The van der Waals surface area contributed by atoms with E-state index in [9.17, 15) is 9.59 Å². The largest absolute Gasteiger partial charge is 0.497 e. The Labute approximate surface area is 165 Å². The Morgan fingerprint density at radius 3 is 2.33 bits per heavy atom. The molecule has 0 aromatic heterocycles. The molecule has 0 spiro atoms. The average Bonchev–Trinajstić information content (AvgIpc) is 3.12. The summed E-state index contributed by atoms with van der Waals surface area (Å²) in [6.45, 7) is 6.53. The van der Waals surface area contributed by atoms with Crippen molar-refractivity contribution < 1.29 is 23.8 Å². The van der Waals surface area contributed by atoms with E-state index in [1.165, 1.54) is 0 Å². The molecule has 0 aliphatic carbocycles. The number of benzene rings is 1. The van der Waals surface area contributed by atoms with Gasteiger partial charge in [0.25, 0.3) is 5.91 Å². The van der Waals surface area contributed by atoms with Gasteiger partial charge in [-0.1, -0.05) is 27.2 Å². The van der Waals surface area contributed by atoms with Crippen molar-refractivity contribution in [1.82, 2.24) is 4.90 Å². The minimum atomic E-state index is -0.580. The van der Waals surface area contributed by atoms with Crippen molar-refractivity contribution in [3.05, 3.63) is 23.8 Å². The second-order valence-corrected chi connectivity index (χ2v) is 7.97. The van der Waals surface area contributed by atoms with Gasteiger partial charge in [0.05, 0.1) is 26.2 Å². The zero-order valence-electron chi connectivity index (χ0n) is 16.7. The van der Waals surface area contributed by atoms with E-state index >= 15 is 0 Å². The van der Waals surface area contributed by atoms with Gasteiger partial charge in [0, 0.05) is 17.4 Å². The molecule has 7 heteroatoms. The van der Waals surface area contributed by atoms with Gasteiger partial charge in [0.2, 0.25) is 0 Å². The van der Waals surface area contributed by atoms with Crippen molar-refractivity contribution in [2.45, 2.75) is 45.0 Å². The van der Waals surface area contributed by atoms with Crippen molar-refractivity contribution in [2.75, 3.05) is 26.6 Å². The number of carbonyl (C=O) groups is 2. The van der Waals surface area contributed by atoms with Crippen molar-refractivity contribution in [3.8, 4) is 11.5 Å². The molecule has 0 bridgehead atoms. The van der Waals surface area contributed by atoms with E-state index in [1.807, 2.05) is 6.92 Å². The third-order valence-corrected chi connectivity index (χ3v) is 6.07. The van der Waals surface area contributed by atoms with Crippen LogP contribution in [-0.4, -0.2) is 54.8 Å². The van der Waals surface area contributed by atoms with Crippen LogP contribution < -0.4 is 9.47 Å². The van der Waals surface area contributed by atoms with Gasteiger partial charge in [-0.2, -0.15) is 0 Å². The van der Waals surface area contributed by atoms with Crippen LogP contribution in [-0.2, 0) is 9.53 Å². The summed E-state index contributed by atoms with van der Waals surface area (Å²) >= 11 is 1.62. The smallest absolute Gasteiger partial charge is 0.329 e. The van der Waals surface area contributed by atoms with E-state index in [0.717, 1.165) is 12.8 Å². The molecule has 1 aliphatic rings. The van der Waals surface area contributed by atoms with Gasteiger partial charge in [-0.05, 0) is 24.5 Å². The predicted molar refractivity (Wildman–Crippen MR) is 106 cm³/mol. The van der Waals surface area contributed by atoms with E-state index < -0.39 is 6.04 Å². The maximum absolute atomic E-state index is 13.3. The fraction of sp³-hybridized carbons (Fsp3) is 0.600. The number of rotatable bonds is 8. The maximum atomic E-state index is 13.3. The number of thioether (sulfide) groups is 1. The molecule has 2 unspecified atom stereocenters. The number of amides is 1. The lowest BCUT2D eigenvalue weighted by Crippen LogP contribution is -2.47. The van der Waals surface area contributed by atoms with Gasteiger partial charge in [0.15, 0.2) is 0 Å². The quantitative estimate of drug-likeness (QED) is 0.495. The van der Waals surface area contributed by atoms with Crippen LogP contribution in [0.4, 0.5) is 0 Å². The molecule has 6 nitrogen and oxygen atoms in total. The number of methoxy groups -OCH3 is 2. The second kappa shape index (κ2) is 9.88. The van der Waals surface area contributed by atoms with Crippen LogP contribution in [0, 0.1) is 5.92 Å². The summed E-state index contributed by atoms with van der Waals surface area (Å²) in [6.07, 6.45) is 1.77. The highest BCUT2D eigenvalue weighted by Crippen LogP contribution is 2.36. The monoisotopic (exact) mass is 395 g/mol.